The van der Waals surface area contributed by atoms with Gasteiger partial charge in [-0.2, -0.15) is 4.98 Å². The highest BCUT2D eigenvalue weighted by Gasteiger charge is 2.29. The number of hydrogen-bond acceptors (Lipinski definition) is 6. The Hall–Kier alpha value is -2.52. The molecule has 0 bridgehead atoms. The highest BCUT2D eigenvalue weighted by atomic mass is 32.1. The van der Waals surface area contributed by atoms with Crippen LogP contribution in [0.1, 0.15) is 35.1 Å². The van der Waals surface area contributed by atoms with E-state index in [2.05, 4.69) is 14.5 Å². The summed E-state index contributed by atoms with van der Waals surface area (Å²) in [5, 5.41) is 1.82. The van der Waals surface area contributed by atoms with Crippen LogP contribution in [0.3, 0.4) is 0 Å². The van der Waals surface area contributed by atoms with Crippen LogP contribution in [-0.4, -0.2) is 56.5 Å². The molecule has 0 saturated carbocycles. The average Bonchev–Trinajstić information content (AvgIpc) is 3.34. The van der Waals surface area contributed by atoms with Gasteiger partial charge in [-0.3, -0.25) is 14.0 Å². The van der Waals surface area contributed by atoms with Crippen molar-refractivity contribution < 1.29 is 9.53 Å². The van der Waals surface area contributed by atoms with Crippen molar-refractivity contribution >= 4 is 22.2 Å². The molecule has 1 amide bonds. The third kappa shape index (κ3) is 3.52. The third-order valence-corrected chi connectivity index (χ3v) is 5.65. The minimum absolute atomic E-state index is 0.136. The van der Waals surface area contributed by atoms with Gasteiger partial charge in [0.05, 0.1) is 6.61 Å². The summed E-state index contributed by atoms with van der Waals surface area (Å²) in [6.07, 6.45) is 7.41. The smallest absolute Gasteiger partial charge is 0.274 e. The van der Waals surface area contributed by atoms with Crippen molar-refractivity contribution in [2.75, 3.05) is 26.8 Å². The van der Waals surface area contributed by atoms with E-state index in [9.17, 15) is 9.59 Å². The van der Waals surface area contributed by atoms with E-state index in [0.29, 0.717) is 30.4 Å². The van der Waals surface area contributed by atoms with Crippen molar-refractivity contribution in [3.8, 4) is 0 Å². The van der Waals surface area contributed by atoms with Gasteiger partial charge in [0, 0.05) is 62.7 Å². The summed E-state index contributed by atoms with van der Waals surface area (Å²) in [6.45, 7) is 2.63. The first-order chi connectivity index (χ1) is 13.2. The zero-order chi connectivity index (χ0) is 18.8. The number of thiazole rings is 1. The number of hydrogen-bond donors (Lipinski definition) is 0. The molecule has 0 N–H and O–H groups in total. The molecule has 27 heavy (non-hydrogen) atoms. The van der Waals surface area contributed by atoms with E-state index < -0.39 is 0 Å². The van der Waals surface area contributed by atoms with E-state index in [1.165, 1.54) is 17.4 Å². The molecule has 142 valence electrons. The lowest BCUT2D eigenvalue weighted by Gasteiger charge is -2.32. The van der Waals surface area contributed by atoms with Crippen molar-refractivity contribution in [2.45, 2.75) is 25.3 Å². The van der Waals surface area contributed by atoms with Crippen molar-refractivity contribution in [1.82, 2.24) is 23.8 Å². The van der Waals surface area contributed by atoms with E-state index in [1.54, 1.807) is 23.9 Å². The Bertz CT molecular complexity index is 1010. The van der Waals surface area contributed by atoms with E-state index >= 15 is 0 Å². The average molecular weight is 387 g/mol. The minimum Gasteiger partial charge on any atom is -0.383 e. The quantitative estimate of drug-likeness (QED) is 0.664. The van der Waals surface area contributed by atoms with Crippen LogP contribution in [0.2, 0.25) is 0 Å². The lowest BCUT2D eigenvalue weighted by atomic mass is 9.96. The summed E-state index contributed by atoms with van der Waals surface area (Å²) in [6, 6.07) is 1.32. The predicted molar refractivity (Wildman–Crippen MR) is 101 cm³/mol. The van der Waals surface area contributed by atoms with Gasteiger partial charge >= 0.3 is 0 Å². The number of amides is 1. The number of piperidine rings is 1. The molecule has 1 aliphatic rings. The Balaban J connectivity index is 1.58. The van der Waals surface area contributed by atoms with Gasteiger partial charge in [0.25, 0.3) is 11.5 Å². The normalized spacial score (nSPS) is 17.5. The molecular formula is C18H21N5O3S. The second-order valence-corrected chi connectivity index (χ2v) is 7.47. The molecule has 9 heteroatoms. The van der Waals surface area contributed by atoms with Gasteiger partial charge in [0.15, 0.2) is 4.96 Å². The monoisotopic (exact) mass is 387 g/mol. The number of carbonyl (C=O) groups is 1. The number of aromatic nitrogens is 4. The first-order valence-electron chi connectivity index (χ1n) is 8.93. The summed E-state index contributed by atoms with van der Waals surface area (Å²) >= 11 is 1.34. The molecule has 1 atom stereocenters. The molecule has 0 spiro atoms. The first kappa shape index (κ1) is 17.9. The Morgan fingerprint density at radius 1 is 1.41 bits per heavy atom. The van der Waals surface area contributed by atoms with Crippen molar-refractivity contribution in [1.29, 1.82) is 0 Å². The van der Waals surface area contributed by atoms with Crippen molar-refractivity contribution in [3.05, 3.63) is 51.9 Å². The number of likely N-dealkylation sites (tertiary alicyclic amines) is 1. The number of fused-ring (bicyclic) bond motifs is 1. The maximum Gasteiger partial charge on any atom is 0.274 e. The van der Waals surface area contributed by atoms with Crippen LogP contribution in [0.5, 0.6) is 0 Å². The maximum absolute atomic E-state index is 13.1. The number of imidazole rings is 1. The molecular weight excluding hydrogens is 366 g/mol. The van der Waals surface area contributed by atoms with Crippen molar-refractivity contribution in [3.63, 3.8) is 0 Å². The zero-order valence-electron chi connectivity index (χ0n) is 15.1. The Morgan fingerprint density at radius 3 is 3.15 bits per heavy atom. The second-order valence-electron chi connectivity index (χ2n) is 6.60. The standard InChI is InChI=1S/C18H21N5O3S/c1-26-9-7-21-6-4-19-16(21)13-3-2-5-22(12-13)17(25)14-11-15(24)20-18-23(14)8-10-27-18/h4,6,8,10-11,13H,2-3,5,7,9,12H2,1H3/t13-/m1/s1. The fraction of sp³-hybridized carbons (Fsp3) is 0.444. The maximum atomic E-state index is 13.1. The van der Waals surface area contributed by atoms with Crippen LogP contribution in [0, 0.1) is 0 Å². The number of methoxy groups -OCH3 is 1. The highest BCUT2D eigenvalue weighted by Crippen LogP contribution is 2.27. The molecule has 0 radical (unpaired) electrons. The molecule has 3 aromatic rings. The van der Waals surface area contributed by atoms with Crippen molar-refractivity contribution in [2.24, 2.45) is 0 Å². The molecule has 1 saturated heterocycles. The van der Waals surface area contributed by atoms with E-state index in [0.717, 1.165) is 25.2 Å². The molecule has 0 aromatic carbocycles. The largest absolute Gasteiger partial charge is 0.383 e. The molecule has 1 aliphatic heterocycles. The lowest BCUT2D eigenvalue weighted by molar-refractivity contribution is 0.0694. The van der Waals surface area contributed by atoms with Gasteiger partial charge in [-0.25, -0.2) is 4.98 Å². The summed E-state index contributed by atoms with van der Waals surface area (Å²) in [4.78, 5) is 35.8. The zero-order valence-corrected chi connectivity index (χ0v) is 15.9. The summed E-state index contributed by atoms with van der Waals surface area (Å²) in [5.41, 5.74) is -0.0147. The number of carbonyl (C=O) groups excluding carboxylic acids is 1. The predicted octanol–water partition coefficient (Wildman–Crippen LogP) is 1.62. The Labute approximate surface area is 160 Å². The van der Waals surface area contributed by atoms with Gasteiger partial charge in [-0.05, 0) is 12.8 Å². The van der Waals surface area contributed by atoms with Crippen LogP contribution >= 0.6 is 11.3 Å². The van der Waals surface area contributed by atoms with E-state index in [4.69, 9.17) is 4.74 Å². The fourth-order valence-corrected chi connectivity index (χ4v) is 4.33. The Morgan fingerprint density at radius 2 is 2.30 bits per heavy atom. The van der Waals surface area contributed by atoms with Crippen LogP contribution < -0.4 is 5.56 Å². The lowest BCUT2D eigenvalue weighted by Crippen LogP contribution is -2.41. The van der Waals surface area contributed by atoms with Gasteiger partial charge < -0.3 is 14.2 Å². The van der Waals surface area contributed by atoms with Gasteiger partial charge in [0.1, 0.15) is 11.5 Å². The van der Waals surface area contributed by atoms with Crippen LogP contribution in [-0.2, 0) is 11.3 Å². The minimum atomic E-state index is -0.385. The summed E-state index contributed by atoms with van der Waals surface area (Å²) in [5.74, 6) is 1.02. The topological polar surface area (TPSA) is 81.7 Å². The molecule has 0 aliphatic carbocycles. The number of nitrogens with zero attached hydrogens (tertiary/aromatic N) is 5. The molecule has 1 fully saturated rings. The molecule has 0 unspecified atom stereocenters. The molecule has 8 nitrogen and oxygen atoms in total. The number of rotatable bonds is 5. The second kappa shape index (κ2) is 7.61. The third-order valence-electron chi connectivity index (χ3n) is 4.89. The fourth-order valence-electron chi connectivity index (χ4n) is 3.61. The van der Waals surface area contributed by atoms with Crippen LogP contribution in [0.25, 0.3) is 4.96 Å². The number of ether oxygens (including phenoxy) is 1. The van der Waals surface area contributed by atoms with Gasteiger partial charge in [0.2, 0.25) is 0 Å². The van der Waals surface area contributed by atoms with Gasteiger partial charge in [-0.15, -0.1) is 11.3 Å². The summed E-state index contributed by atoms with van der Waals surface area (Å²) in [7, 11) is 1.68. The van der Waals surface area contributed by atoms with Crippen LogP contribution in [0.15, 0.2) is 34.8 Å². The Kier molecular flexibility index (Phi) is 5.04. The van der Waals surface area contributed by atoms with Crippen LogP contribution in [0.4, 0.5) is 0 Å². The summed E-state index contributed by atoms with van der Waals surface area (Å²) < 4.78 is 8.95. The molecule has 3 aromatic heterocycles. The SMILES string of the molecule is COCCn1ccnc1[C@@H]1CCCN(C(=O)c2cc(=O)nc3sccn23)C1. The van der Waals surface area contributed by atoms with E-state index in [-0.39, 0.29) is 17.4 Å². The van der Waals surface area contributed by atoms with E-state index in [1.807, 2.05) is 16.5 Å². The highest BCUT2D eigenvalue weighted by molar-refractivity contribution is 7.15. The molecule has 4 rings (SSSR count). The van der Waals surface area contributed by atoms with Gasteiger partial charge in [-0.1, -0.05) is 0 Å². The first-order valence-corrected chi connectivity index (χ1v) is 9.81. The molecule has 4 heterocycles.